The van der Waals surface area contributed by atoms with E-state index in [0.717, 1.165) is 4.31 Å². The normalized spacial score (nSPS) is 14.8. The Hall–Kier alpha value is -3.44. The molecule has 0 spiro atoms. The van der Waals surface area contributed by atoms with Gasteiger partial charge in [-0.2, -0.15) is 4.31 Å². The van der Waals surface area contributed by atoms with Gasteiger partial charge in [0.1, 0.15) is 16.4 Å². The number of carbonyl (C=O) groups excluding carboxylic acids is 1. The van der Waals surface area contributed by atoms with Crippen LogP contribution < -0.4 is 4.74 Å². The van der Waals surface area contributed by atoms with E-state index in [4.69, 9.17) is 4.74 Å². The molecule has 0 radical (unpaired) electrons. The average molecular weight is 477 g/mol. The maximum atomic E-state index is 14.0. The van der Waals surface area contributed by atoms with Gasteiger partial charge in [0.2, 0.25) is 10.0 Å². The number of piperazine rings is 1. The summed E-state index contributed by atoms with van der Waals surface area (Å²) in [7, 11) is -4.39. The van der Waals surface area contributed by atoms with Crippen molar-refractivity contribution in [2.75, 3.05) is 26.2 Å². The Labute approximate surface area is 188 Å². The van der Waals surface area contributed by atoms with Gasteiger partial charge in [-0.3, -0.25) is 9.78 Å². The van der Waals surface area contributed by atoms with Crippen molar-refractivity contribution in [3.05, 3.63) is 83.9 Å². The number of rotatable bonds is 5. The maximum Gasteiger partial charge on any atom is 0.253 e. The maximum absolute atomic E-state index is 14.0. The Morgan fingerprint density at radius 2 is 1.58 bits per heavy atom. The van der Waals surface area contributed by atoms with E-state index in [2.05, 4.69) is 4.98 Å². The predicted molar refractivity (Wildman–Crippen MR) is 112 cm³/mol. The van der Waals surface area contributed by atoms with Crippen LogP contribution in [0.25, 0.3) is 0 Å². The van der Waals surface area contributed by atoms with Crippen molar-refractivity contribution in [3.8, 4) is 11.5 Å². The van der Waals surface area contributed by atoms with Crippen LogP contribution in [-0.4, -0.2) is 54.7 Å². The first-order valence-corrected chi connectivity index (χ1v) is 11.3. The van der Waals surface area contributed by atoms with Gasteiger partial charge in [-0.15, -0.1) is 0 Å². The summed E-state index contributed by atoms with van der Waals surface area (Å²) in [5.74, 6) is -4.32. The number of sulfonamides is 1. The van der Waals surface area contributed by atoms with Crippen LogP contribution in [0.4, 0.5) is 13.2 Å². The second-order valence-corrected chi connectivity index (χ2v) is 9.09. The lowest BCUT2D eigenvalue weighted by Gasteiger charge is -2.34. The molecule has 3 aromatic rings. The van der Waals surface area contributed by atoms with E-state index in [9.17, 15) is 26.4 Å². The van der Waals surface area contributed by atoms with Crippen LogP contribution in [0.5, 0.6) is 11.5 Å². The third-order valence-corrected chi connectivity index (χ3v) is 7.03. The van der Waals surface area contributed by atoms with Crippen LogP contribution >= 0.6 is 0 Å². The van der Waals surface area contributed by atoms with Gasteiger partial charge in [0.15, 0.2) is 17.5 Å². The molecule has 0 saturated carbocycles. The van der Waals surface area contributed by atoms with Crippen molar-refractivity contribution in [2.45, 2.75) is 4.90 Å². The van der Waals surface area contributed by atoms with Crippen molar-refractivity contribution < 1.29 is 31.1 Å². The van der Waals surface area contributed by atoms with Gasteiger partial charge in [-0.05, 0) is 48.5 Å². The molecule has 4 rings (SSSR count). The van der Waals surface area contributed by atoms with Crippen molar-refractivity contribution in [3.63, 3.8) is 0 Å². The van der Waals surface area contributed by atoms with E-state index in [0.29, 0.717) is 29.2 Å². The largest absolute Gasteiger partial charge is 0.456 e. The number of hydrogen-bond acceptors (Lipinski definition) is 5. The minimum Gasteiger partial charge on any atom is -0.456 e. The van der Waals surface area contributed by atoms with Gasteiger partial charge >= 0.3 is 0 Å². The molecule has 172 valence electrons. The summed E-state index contributed by atoms with van der Waals surface area (Å²) in [5.41, 5.74) is 0.386. The second-order valence-electron chi connectivity index (χ2n) is 7.18. The van der Waals surface area contributed by atoms with Crippen molar-refractivity contribution in [1.82, 2.24) is 14.2 Å². The minimum absolute atomic E-state index is 0.0529. The number of hydrogen-bond donors (Lipinski definition) is 0. The quantitative estimate of drug-likeness (QED) is 0.526. The lowest BCUT2D eigenvalue weighted by atomic mass is 10.2. The van der Waals surface area contributed by atoms with Crippen molar-refractivity contribution in [2.24, 2.45) is 0 Å². The third-order valence-electron chi connectivity index (χ3n) is 5.11. The zero-order chi connectivity index (χ0) is 23.6. The fourth-order valence-corrected chi connectivity index (χ4v) is 4.85. The highest BCUT2D eigenvalue weighted by Gasteiger charge is 2.33. The summed E-state index contributed by atoms with van der Waals surface area (Å²) >= 11 is 0. The number of halogens is 3. The van der Waals surface area contributed by atoms with Gasteiger partial charge in [-0.1, -0.05) is 0 Å². The van der Waals surface area contributed by atoms with E-state index in [1.807, 2.05) is 0 Å². The number of ether oxygens (including phenoxy) is 1. The number of carbonyl (C=O) groups is 1. The first-order valence-electron chi connectivity index (χ1n) is 9.88. The molecule has 1 fully saturated rings. The molecular weight excluding hydrogens is 459 g/mol. The fraction of sp³-hybridized carbons (Fsp3) is 0.182. The van der Waals surface area contributed by atoms with Crippen molar-refractivity contribution >= 4 is 15.9 Å². The van der Waals surface area contributed by atoms with Crippen LogP contribution in [0.1, 0.15) is 10.4 Å². The third kappa shape index (κ3) is 4.69. The Kier molecular flexibility index (Phi) is 6.34. The van der Waals surface area contributed by atoms with Crippen LogP contribution in [-0.2, 0) is 10.0 Å². The van der Waals surface area contributed by atoms with E-state index in [-0.39, 0.29) is 32.1 Å². The summed E-state index contributed by atoms with van der Waals surface area (Å²) < 4.78 is 72.6. The zero-order valence-corrected chi connectivity index (χ0v) is 17.9. The number of aromatic nitrogens is 1. The average Bonchev–Trinajstić information content (AvgIpc) is 2.83. The SMILES string of the molecule is O=C(c1ccc(Oc2cccnc2)cc1)N1CCN(S(=O)(=O)c2ccc(F)c(F)c2F)CC1. The Bertz CT molecular complexity index is 1260. The molecule has 1 aliphatic rings. The summed E-state index contributed by atoms with van der Waals surface area (Å²) in [5, 5.41) is 0. The number of amides is 1. The first kappa shape index (κ1) is 22.7. The Morgan fingerprint density at radius 3 is 2.21 bits per heavy atom. The molecule has 1 aromatic heterocycles. The lowest BCUT2D eigenvalue weighted by molar-refractivity contribution is 0.0697. The molecule has 1 amide bonds. The molecule has 1 aliphatic heterocycles. The predicted octanol–water partition coefficient (Wildman–Crippen LogP) is 3.44. The van der Waals surface area contributed by atoms with Gasteiger partial charge in [0, 0.05) is 37.9 Å². The highest BCUT2D eigenvalue weighted by Crippen LogP contribution is 2.25. The number of pyridine rings is 1. The number of nitrogens with zero attached hydrogens (tertiary/aromatic N) is 3. The van der Waals surface area contributed by atoms with Gasteiger partial charge in [0.05, 0.1) is 6.20 Å². The van der Waals surface area contributed by atoms with Crippen molar-refractivity contribution in [1.29, 1.82) is 0 Å². The summed E-state index contributed by atoms with van der Waals surface area (Å²) in [6, 6.07) is 11.2. The summed E-state index contributed by atoms with van der Waals surface area (Å²) in [4.78, 5) is 17.3. The molecule has 33 heavy (non-hydrogen) atoms. The highest BCUT2D eigenvalue weighted by molar-refractivity contribution is 7.89. The number of benzene rings is 2. The molecule has 0 bridgehead atoms. The monoisotopic (exact) mass is 477 g/mol. The van der Waals surface area contributed by atoms with E-state index in [1.54, 1.807) is 48.8 Å². The molecule has 1 saturated heterocycles. The topological polar surface area (TPSA) is 79.8 Å². The van der Waals surface area contributed by atoms with Gasteiger partial charge in [-0.25, -0.2) is 21.6 Å². The van der Waals surface area contributed by atoms with E-state index >= 15 is 0 Å². The van der Waals surface area contributed by atoms with Crippen LogP contribution in [0, 0.1) is 17.5 Å². The first-order chi connectivity index (χ1) is 15.8. The van der Waals surface area contributed by atoms with E-state index in [1.165, 1.54) is 4.90 Å². The molecule has 7 nitrogen and oxygen atoms in total. The van der Waals surface area contributed by atoms with E-state index < -0.39 is 32.4 Å². The Balaban J connectivity index is 1.40. The molecule has 0 aliphatic carbocycles. The lowest BCUT2D eigenvalue weighted by Crippen LogP contribution is -2.50. The molecule has 0 N–H and O–H groups in total. The zero-order valence-electron chi connectivity index (χ0n) is 17.1. The smallest absolute Gasteiger partial charge is 0.253 e. The van der Waals surface area contributed by atoms with Crippen LogP contribution in [0.2, 0.25) is 0 Å². The highest BCUT2D eigenvalue weighted by atomic mass is 32.2. The molecule has 2 heterocycles. The van der Waals surface area contributed by atoms with Crippen LogP contribution in [0.3, 0.4) is 0 Å². The summed E-state index contributed by atoms with van der Waals surface area (Å²) in [6.45, 7) is -0.127. The minimum atomic E-state index is -4.39. The molecule has 0 atom stereocenters. The fourth-order valence-electron chi connectivity index (χ4n) is 3.37. The van der Waals surface area contributed by atoms with Crippen LogP contribution in [0.15, 0.2) is 65.8 Å². The molecular formula is C22H18F3N3O4S. The van der Waals surface area contributed by atoms with Gasteiger partial charge < -0.3 is 9.64 Å². The second kappa shape index (κ2) is 9.20. The Morgan fingerprint density at radius 1 is 0.879 bits per heavy atom. The molecule has 2 aromatic carbocycles. The summed E-state index contributed by atoms with van der Waals surface area (Å²) in [6.07, 6.45) is 3.17. The molecule has 11 heteroatoms. The van der Waals surface area contributed by atoms with Gasteiger partial charge in [0.25, 0.3) is 5.91 Å². The standard InChI is InChI=1S/C22H18F3N3O4S/c23-18-7-8-19(21(25)20(18)24)33(30,31)28-12-10-27(11-13-28)22(29)15-3-5-16(6-4-15)32-17-2-1-9-26-14-17/h1-9,14H,10-13H2. The molecule has 0 unspecified atom stereocenters.